The Morgan fingerprint density at radius 3 is 2.60 bits per heavy atom. The van der Waals surface area contributed by atoms with Crippen LogP contribution in [0.4, 0.5) is 5.69 Å². The van der Waals surface area contributed by atoms with Crippen molar-refractivity contribution in [2.75, 3.05) is 18.0 Å². The van der Waals surface area contributed by atoms with Gasteiger partial charge in [0.2, 0.25) is 0 Å². The Morgan fingerprint density at radius 1 is 1.10 bits per heavy atom. The maximum absolute atomic E-state index is 3.64. The zero-order valence-electron chi connectivity index (χ0n) is 12.9. The lowest BCUT2D eigenvalue weighted by molar-refractivity contribution is 0.325. The second-order valence-corrected chi connectivity index (χ2v) is 6.56. The smallest absolute Gasteiger partial charge is 0.0417 e. The molecule has 110 valence electrons. The van der Waals surface area contributed by atoms with Crippen molar-refractivity contribution in [3.63, 3.8) is 0 Å². The molecular weight excluding hydrogens is 244 g/mol. The molecule has 0 saturated heterocycles. The van der Waals surface area contributed by atoms with Gasteiger partial charge in [-0.15, -0.1) is 0 Å². The molecule has 1 aromatic rings. The van der Waals surface area contributed by atoms with Crippen molar-refractivity contribution in [3.05, 3.63) is 29.8 Å². The summed E-state index contributed by atoms with van der Waals surface area (Å²) in [6, 6.07) is 10.4. The molecule has 2 aliphatic rings. The minimum absolute atomic E-state index is 0.551. The second kappa shape index (κ2) is 6.17. The normalized spacial score (nSPS) is 30.1. The highest BCUT2D eigenvalue weighted by Gasteiger charge is 2.30. The molecule has 2 nitrogen and oxygen atoms in total. The molecule has 3 rings (SSSR count). The van der Waals surface area contributed by atoms with Crippen LogP contribution in [0, 0.1) is 5.92 Å². The van der Waals surface area contributed by atoms with Crippen molar-refractivity contribution in [1.82, 2.24) is 5.32 Å². The van der Waals surface area contributed by atoms with Crippen LogP contribution in [0.2, 0.25) is 0 Å². The number of rotatable bonds is 3. The fourth-order valence-corrected chi connectivity index (χ4v) is 3.98. The number of anilines is 1. The predicted octanol–water partition coefficient (Wildman–Crippen LogP) is 4.13. The summed E-state index contributed by atoms with van der Waals surface area (Å²) in [6.07, 6.45) is 6.81. The summed E-state index contributed by atoms with van der Waals surface area (Å²) in [5, 5.41) is 3.64. The number of benzene rings is 1. The maximum atomic E-state index is 3.64. The zero-order valence-corrected chi connectivity index (χ0v) is 12.9. The lowest BCUT2D eigenvalue weighted by Gasteiger charge is -2.43. The summed E-state index contributed by atoms with van der Waals surface area (Å²) in [6.45, 7) is 6.88. The third kappa shape index (κ3) is 2.71. The maximum Gasteiger partial charge on any atom is 0.0417 e. The molecule has 1 heterocycles. The van der Waals surface area contributed by atoms with Crippen LogP contribution in [0.5, 0.6) is 0 Å². The van der Waals surface area contributed by atoms with Gasteiger partial charge in [0.25, 0.3) is 0 Å². The van der Waals surface area contributed by atoms with Crippen LogP contribution < -0.4 is 10.2 Å². The Hall–Kier alpha value is -1.02. The molecule has 0 radical (unpaired) electrons. The van der Waals surface area contributed by atoms with Gasteiger partial charge in [-0.2, -0.15) is 0 Å². The molecule has 1 N–H and O–H groups in total. The number of nitrogens with zero attached hydrogens (tertiary/aromatic N) is 1. The predicted molar refractivity (Wildman–Crippen MR) is 86.2 cm³/mol. The highest BCUT2D eigenvalue weighted by molar-refractivity contribution is 5.57. The Morgan fingerprint density at radius 2 is 1.85 bits per heavy atom. The molecule has 0 aromatic heterocycles. The first-order valence-electron chi connectivity index (χ1n) is 8.38. The minimum Gasteiger partial charge on any atom is -0.368 e. The van der Waals surface area contributed by atoms with Gasteiger partial charge in [-0.05, 0) is 56.2 Å². The second-order valence-electron chi connectivity index (χ2n) is 6.56. The molecule has 2 heteroatoms. The van der Waals surface area contributed by atoms with Gasteiger partial charge >= 0.3 is 0 Å². The van der Waals surface area contributed by atoms with Crippen LogP contribution in [0.25, 0.3) is 0 Å². The minimum atomic E-state index is 0.551. The Kier molecular flexibility index (Phi) is 4.30. The summed E-state index contributed by atoms with van der Waals surface area (Å²) in [4.78, 5) is 2.70. The fourth-order valence-electron chi connectivity index (χ4n) is 3.98. The third-order valence-corrected chi connectivity index (χ3v) is 5.16. The fraction of sp³-hybridized carbons (Fsp3) is 0.667. The van der Waals surface area contributed by atoms with Crippen molar-refractivity contribution in [1.29, 1.82) is 0 Å². The molecule has 0 bridgehead atoms. The Labute approximate surface area is 123 Å². The van der Waals surface area contributed by atoms with Gasteiger partial charge < -0.3 is 10.2 Å². The third-order valence-electron chi connectivity index (χ3n) is 5.16. The molecule has 1 atom stereocenters. The van der Waals surface area contributed by atoms with Gasteiger partial charge in [-0.1, -0.05) is 32.0 Å². The first-order chi connectivity index (χ1) is 9.79. The number of hydrogen-bond donors (Lipinski definition) is 1. The topological polar surface area (TPSA) is 15.3 Å². The van der Waals surface area contributed by atoms with Crippen molar-refractivity contribution in [2.24, 2.45) is 5.92 Å². The quantitative estimate of drug-likeness (QED) is 0.890. The first kappa shape index (κ1) is 13.9. The molecule has 1 aromatic carbocycles. The van der Waals surface area contributed by atoms with Crippen molar-refractivity contribution in [2.45, 2.75) is 58.0 Å². The van der Waals surface area contributed by atoms with E-state index in [9.17, 15) is 0 Å². The first-order valence-corrected chi connectivity index (χ1v) is 8.38. The van der Waals surface area contributed by atoms with Gasteiger partial charge in [0.05, 0.1) is 0 Å². The van der Waals surface area contributed by atoms with E-state index in [1.54, 1.807) is 0 Å². The van der Waals surface area contributed by atoms with Crippen molar-refractivity contribution >= 4 is 5.69 Å². The monoisotopic (exact) mass is 272 g/mol. The van der Waals surface area contributed by atoms with E-state index in [4.69, 9.17) is 0 Å². The van der Waals surface area contributed by atoms with Crippen LogP contribution in [-0.4, -0.2) is 19.1 Å². The molecule has 1 unspecified atom stereocenters. The summed E-state index contributed by atoms with van der Waals surface area (Å²) < 4.78 is 0. The number of nitrogens with one attached hydrogen (secondary N) is 1. The van der Waals surface area contributed by atoms with Gasteiger partial charge in [-0.25, -0.2) is 0 Å². The molecule has 1 aliphatic heterocycles. The van der Waals surface area contributed by atoms with Gasteiger partial charge in [-0.3, -0.25) is 0 Å². The van der Waals surface area contributed by atoms with E-state index in [-0.39, 0.29) is 0 Å². The molecule has 20 heavy (non-hydrogen) atoms. The SMILES string of the molecule is CCNC1CCN(C2CCC(C)CC2)c2ccccc21. The lowest BCUT2D eigenvalue weighted by atomic mass is 9.84. The highest BCUT2D eigenvalue weighted by atomic mass is 15.2. The van der Waals surface area contributed by atoms with Gasteiger partial charge in [0, 0.05) is 24.3 Å². The van der Waals surface area contributed by atoms with Crippen LogP contribution in [0.3, 0.4) is 0 Å². The van der Waals surface area contributed by atoms with E-state index in [1.807, 2.05) is 0 Å². The van der Waals surface area contributed by atoms with E-state index in [2.05, 4.69) is 48.3 Å². The van der Waals surface area contributed by atoms with E-state index in [0.717, 1.165) is 18.5 Å². The summed E-state index contributed by atoms with van der Waals surface area (Å²) in [5.74, 6) is 0.931. The molecule has 0 amide bonds. The molecule has 1 saturated carbocycles. The van der Waals surface area contributed by atoms with Gasteiger partial charge in [0.1, 0.15) is 0 Å². The summed E-state index contributed by atoms with van der Waals surface area (Å²) in [7, 11) is 0. The Balaban J connectivity index is 1.81. The highest BCUT2D eigenvalue weighted by Crippen LogP contribution is 2.38. The summed E-state index contributed by atoms with van der Waals surface area (Å²) >= 11 is 0. The summed E-state index contributed by atoms with van der Waals surface area (Å²) in [5.41, 5.74) is 3.00. The average molecular weight is 272 g/mol. The van der Waals surface area contributed by atoms with Crippen molar-refractivity contribution < 1.29 is 0 Å². The number of para-hydroxylation sites is 1. The van der Waals surface area contributed by atoms with Gasteiger partial charge in [0.15, 0.2) is 0 Å². The van der Waals surface area contributed by atoms with Crippen LogP contribution >= 0.6 is 0 Å². The molecule has 0 spiro atoms. The number of fused-ring (bicyclic) bond motifs is 1. The standard InChI is InChI=1S/C18H28N2/c1-3-19-17-12-13-20(15-10-8-14(2)9-11-15)18-7-5-4-6-16(17)18/h4-7,14-15,17,19H,3,8-13H2,1-2H3. The van der Waals surface area contributed by atoms with E-state index >= 15 is 0 Å². The van der Waals surface area contributed by atoms with Crippen LogP contribution in [0.1, 0.15) is 57.6 Å². The Bertz CT molecular complexity index is 435. The van der Waals surface area contributed by atoms with E-state index in [0.29, 0.717) is 6.04 Å². The van der Waals surface area contributed by atoms with Crippen LogP contribution in [0.15, 0.2) is 24.3 Å². The lowest BCUT2D eigenvalue weighted by Crippen LogP contribution is -2.43. The molecule has 1 aliphatic carbocycles. The largest absolute Gasteiger partial charge is 0.368 e. The van der Waals surface area contributed by atoms with E-state index in [1.165, 1.54) is 49.9 Å². The van der Waals surface area contributed by atoms with Crippen LogP contribution in [-0.2, 0) is 0 Å². The molecule has 1 fully saturated rings. The zero-order chi connectivity index (χ0) is 13.9. The van der Waals surface area contributed by atoms with Crippen molar-refractivity contribution in [3.8, 4) is 0 Å². The van der Waals surface area contributed by atoms with E-state index < -0.39 is 0 Å². The average Bonchev–Trinajstić information content (AvgIpc) is 2.49. The molecular formula is C18H28N2. The number of hydrogen-bond acceptors (Lipinski definition) is 2.